The smallest absolute Gasteiger partial charge is 0.478 e. The average Bonchev–Trinajstić information content (AvgIpc) is 2.17. The van der Waals surface area contributed by atoms with Crippen LogP contribution in [-0.2, 0) is 4.79 Å². The van der Waals surface area contributed by atoms with Gasteiger partial charge in [-0.25, -0.2) is 9.18 Å². The van der Waals surface area contributed by atoms with Gasteiger partial charge in [0, 0.05) is 6.08 Å². The summed E-state index contributed by atoms with van der Waals surface area (Å²) in [6, 6.07) is 2.61. The van der Waals surface area contributed by atoms with Crippen LogP contribution in [0.2, 0.25) is 0 Å². The molecule has 0 spiro atoms. The lowest BCUT2D eigenvalue weighted by Crippen LogP contribution is -2.17. The van der Waals surface area contributed by atoms with Crippen molar-refractivity contribution in [3.8, 4) is 5.75 Å². The van der Waals surface area contributed by atoms with Crippen molar-refractivity contribution in [2.24, 2.45) is 0 Å². The standard InChI is InChI=1S/C10H6F4O3/c11-7-5-6(2-4-9(15)16)1-3-8(7)17-10(12,13)14/h1-5H,(H,15,16)/b4-2-. The van der Waals surface area contributed by atoms with Crippen LogP contribution in [0, 0.1) is 5.82 Å². The monoisotopic (exact) mass is 250 g/mol. The number of carbonyl (C=O) groups is 1. The molecule has 0 amide bonds. The summed E-state index contributed by atoms with van der Waals surface area (Å²) in [6.07, 6.45) is -3.19. The highest BCUT2D eigenvalue weighted by molar-refractivity contribution is 5.85. The predicted octanol–water partition coefficient (Wildman–Crippen LogP) is 2.82. The number of aliphatic carboxylic acids is 1. The van der Waals surface area contributed by atoms with E-state index in [9.17, 15) is 22.4 Å². The van der Waals surface area contributed by atoms with Crippen LogP contribution in [0.4, 0.5) is 17.6 Å². The molecule has 1 aromatic rings. The Hall–Kier alpha value is -2.05. The van der Waals surface area contributed by atoms with Crippen molar-refractivity contribution >= 4 is 12.0 Å². The van der Waals surface area contributed by atoms with Gasteiger partial charge in [0.1, 0.15) is 0 Å². The van der Waals surface area contributed by atoms with Crippen LogP contribution < -0.4 is 4.74 Å². The van der Waals surface area contributed by atoms with Gasteiger partial charge in [-0.3, -0.25) is 0 Å². The molecule has 1 rings (SSSR count). The molecular formula is C10H6F4O3. The van der Waals surface area contributed by atoms with Gasteiger partial charge < -0.3 is 9.84 Å². The molecule has 0 aromatic heterocycles. The Kier molecular flexibility index (Phi) is 3.72. The zero-order valence-electron chi connectivity index (χ0n) is 8.16. The van der Waals surface area contributed by atoms with Crippen molar-refractivity contribution in [2.75, 3.05) is 0 Å². The summed E-state index contributed by atoms with van der Waals surface area (Å²) in [5.74, 6) is -3.44. The van der Waals surface area contributed by atoms with Crippen LogP contribution in [0.5, 0.6) is 5.75 Å². The van der Waals surface area contributed by atoms with Crippen molar-refractivity contribution in [1.82, 2.24) is 0 Å². The molecule has 1 N–H and O–H groups in total. The van der Waals surface area contributed by atoms with Gasteiger partial charge in [0.25, 0.3) is 0 Å². The van der Waals surface area contributed by atoms with E-state index in [1.807, 2.05) is 0 Å². The second-order valence-corrected chi connectivity index (χ2v) is 2.91. The summed E-state index contributed by atoms with van der Waals surface area (Å²) in [5, 5.41) is 8.30. The second kappa shape index (κ2) is 4.86. The van der Waals surface area contributed by atoms with Crippen LogP contribution >= 0.6 is 0 Å². The third kappa shape index (κ3) is 4.54. The SMILES string of the molecule is O=C(O)/C=C\c1ccc(OC(F)(F)F)c(F)c1. The summed E-state index contributed by atoms with van der Waals surface area (Å²) < 4.78 is 51.9. The van der Waals surface area contributed by atoms with E-state index in [0.29, 0.717) is 0 Å². The maximum atomic E-state index is 13.1. The Morgan fingerprint density at radius 3 is 2.47 bits per heavy atom. The van der Waals surface area contributed by atoms with Gasteiger partial charge in [-0.2, -0.15) is 0 Å². The molecular weight excluding hydrogens is 244 g/mol. The number of carboxylic acid groups (broad SMARTS) is 1. The van der Waals surface area contributed by atoms with E-state index in [-0.39, 0.29) is 5.56 Å². The minimum atomic E-state index is -4.97. The van der Waals surface area contributed by atoms with Gasteiger partial charge in [-0.1, -0.05) is 6.07 Å². The number of hydrogen-bond acceptors (Lipinski definition) is 2. The van der Waals surface area contributed by atoms with Gasteiger partial charge in [-0.15, -0.1) is 13.2 Å². The molecule has 0 saturated heterocycles. The van der Waals surface area contributed by atoms with Crippen molar-refractivity contribution in [3.63, 3.8) is 0 Å². The summed E-state index contributed by atoms with van der Waals surface area (Å²) in [4.78, 5) is 10.2. The highest BCUT2D eigenvalue weighted by atomic mass is 19.4. The summed E-state index contributed by atoms with van der Waals surface area (Å²) in [6.45, 7) is 0. The predicted molar refractivity (Wildman–Crippen MR) is 49.8 cm³/mol. The largest absolute Gasteiger partial charge is 0.573 e. The molecule has 7 heteroatoms. The van der Waals surface area contributed by atoms with Crippen molar-refractivity contribution in [1.29, 1.82) is 0 Å². The van der Waals surface area contributed by atoms with E-state index in [0.717, 1.165) is 30.4 Å². The molecule has 0 radical (unpaired) electrons. The zero-order chi connectivity index (χ0) is 13.1. The number of carboxylic acids is 1. The quantitative estimate of drug-likeness (QED) is 0.662. The normalized spacial score (nSPS) is 11.8. The van der Waals surface area contributed by atoms with E-state index in [1.165, 1.54) is 0 Å². The van der Waals surface area contributed by atoms with E-state index in [4.69, 9.17) is 5.11 Å². The highest BCUT2D eigenvalue weighted by Crippen LogP contribution is 2.26. The fourth-order valence-electron chi connectivity index (χ4n) is 0.996. The average molecular weight is 250 g/mol. The molecule has 0 aliphatic rings. The van der Waals surface area contributed by atoms with Gasteiger partial charge in [0.2, 0.25) is 0 Å². The minimum absolute atomic E-state index is 0.111. The number of halogens is 4. The summed E-state index contributed by atoms with van der Waals surface area (Å²) in [7, 11) is 0. The molecule has 0 saturated carbocycles. The first-order chi connectivity index (χ1) is 7.78. The van der Waals surface area contributed by atoms with E-state index < -0.39 is 23.9 Å². The number of hydrogen-bond donors (Lipinski definition) is 1. The van der Waals surface area contributed by atoms with Crippen LogP contribution in [0.3, 0.4) is 0 Å². The molecule has 3 nitrogen and oxygen atoms in total. The minimum Gasteiger partial charge on any atom is -0.478 e. The van der Waals surface area contributed by atoms with E-state index in [1.54, 1.807) is 0 Å². The van der Waals surface area contributed by atoms with Gasteiger partial charge in [0.05, 0.1) is 0 Å². The van der Waals surface area contributed by atoms with Crippen molar-refractivity contribution in [2.45, 2.75) is 6.36 Å². The lowest BCUT2D eigenvalue weighted by atomic mass is 10.2. The van der Waals surface area contributed by atoms with Crippen LogP contribution in [0.25, 0.3) is 6.08 Å². The Balaban J connectivity index is 2.90. The summed E-state index contributed by atoms with van der Waals surface area (Å²) >= 11 is 0. The first-order valence-electron chi connectivity index (χ1n) is 4.24. The zero-order valence-corrected chi connectivity index (χ0v) is 8.16. The van der Waals surface area contributed by atoms with Crippen LogP contribution in [0.1, 0.15) is 5.56 Å². The number of ether oxygens (including phenoxy) is 1. The van der Waals surface area contributed by atoms with Gasteiger partial charge in [-0.05, 0) is 23.8 Å². The van der Waals surface area contributed by atoms with Crippen molar-refractivity contribution < 1.29 is 32.2 Å². The molecule has 0 aliphatic carbocycles. The Bertz CT molecular complexity index is 451. The maximum absolute atomic E-state index is 13.1. The number of alkyl halides is 3. The van der Waals surface area contributed by atoms with Crippen molar-refractivity contribution in [3.05, 3.63) is 35.7 Å². The Morgan fingerprint density at radius 1 is 1.35 bits per heavy atom. The molecule has 17 heavy (non-hydrogen) atoms. The fraction of sp³-hybridized carbons (Fsp3) is 0.100. The third-order valence-corrected chi connectivity index (χ3v) is 1.60. The number of rotatable bonds is 3. The second-order valence-electron chi connectivity index (χ2n) is 2.91. The van der Waals surface area contributed by atoms with Crippen LogP contribution in [0.15, 0.2) is 24.3 Å². The lowest BCUT2D eigenvalue weighted by Gasteiger charge is -2.09. The summed E-state index contributed by atoms with van der Waals surface area (Å²) in [5.41, 5.74) is 0.111. The van der Waals surface area contributed by atoms with Crippen LogP contribution in [-0.4, -0.2) is 17.4 Å². The van der Waals surface area contributed by atoms with Gasteiger partial charge >= 0.3 is 12.3 Å². The highest BCUT2D eigenvalue weighted by Gasteiger charge is 2.32. The maximum Gasteiger partial charge on any atom is 0.573 e. The lowest BCUT2D eigenvalue weighted by molar-refractivity contribution is -0.275. The molecule has 0 atom stereocenters. The Labute approximate surface area is 92.9 Å². The molecule has 0 unspecified atom stereocenters. The molecule has 0 aliphatic heterocycles. The molecule has 0 fully saturated rings. The topological polar surface area (TPSA) is 46.5 Å². The first-order valence-corrected chi connectivity index (χ1v) is 4.24. The molecule has 92 valence electrons. The molecule has 1 aromatic carbocycles. The first kappa shape index (κ1) is 13.0. The fourth-order valence-corrected chi connectivity index (χ4v) is 0.996. The molecule has 0 bridgehead atoms. The third-order valence-electron chi connectivity index (χ3n) is 1.60. The molecule has 0 heterocycles. The Morgan fingerprint density at radius 2 is 2.00 bits per heavy atom. The van der Waals surface area contributed by atoms with Gasteiger partial charge in [0.15, 0.2) is 11.6 Å². The number of benzene rings is 1. The van der Waals surface area contributed by atoms with E-state index >= 15 is 0 Å². The van der Waals surface area contributed by atoms with E-state index in [2.05, 4.69) is 4.74 Å².